The minimum Gasteiger partial charge on any atom is -0.303 e. The van der Waals surface area contributed by atoms with Crippen LogP contribution < -0.4 is 5.32 Å². The van der Waals surface area contributed by atoms with Gasteiger partial charge in [-0.2, -0.15) is 0 Å². The molecule has 0 unspecified atom stereocenters. The molecular weight excluding hydrogens is 355 g/mol. The summed E-state index contributed by atoms with van der Waals surface area (Å²) in [6.45, 7) is 0.543. The van der Waals surface area contributed by atoms with Crippen molar-refractivity contribution in [3.05, 3.63) is 77.1 Å². The maximum Gasteiger partial charge on any atom is 0.133 e. The van der Waals surface area contributed by atoms with E-state index in [0.717, 1.165) is 11.3 Å². The van der Waals surface area contributed by atoms with Gasteiger partial charge in [-0.3, -0.25) is 4.21 Å². The number of hydrogen-bond donors (Lipinski definition) is 1. The van der Waals surface area contributed by atoms with Crippen molar-refractivity contribution in [1.29, 1.82) is 0 Å². The van der Waals surface area contributed by atoms with Crippen LogP contribution in [0, 0.1) is 5.82 Å². The molecule has 0 aliphatic rings. The van der Waals surface area contributed by atoms with E-state index in [1.165, 1.54) is 17.4 Å². The quantitative estimate of drug-likeness (QED) is 0.675. The second kappa shape index (κ2) is 8.47. The van der Waals surface area contributed by atoms with Crippen molar-refractivity contribution in [3.63, 3.8) is 0 Å². The Labute approximate surface area is 153 Å². The lowest BCUT2D eigenvalue weighted by atomic mass is 10.1. The Balaban J connectivity index is 1.71. The van der Waals surface area contributed by atoms with Crippen molar-refractivity contribution in [3.8, 4) is 10.6 Å². The van der Waals surface area contributed by atoms with E-state index in [-0.39, 0.29) is 11.9 Å². The minimum absolute atomic E-state index is 0.00866. The Morgan fingerprint density at radius 1 is 1.16 bits per heavy atom. The summed E-state index contributed by atoms with van der Waals surface area (Å²) in [5, 5.41) is 6.02. The van der Waals surface area contributed by atoms with Crippen molar-refractivity contribution in [2.75, 3.05) is 12.0 Å². The number of nitrogens with zero attached hydrogens (tertiary/aromatic N) is 1. The zero-order valence-electron chi connectivity index (χ0n) is 13.8. The molecule has 0 saturated heterocycles. The van der Waals surface area contributed by atoms with Crippen LogP contribution in [0.3, 0.4) is 0 Å². The van der Waals surface area contributed by atoms with Crippen LogP contribution in [0.5, 0.6) is 0 Å². The molecule has 0 saturated carbocycles. The molecule has 0 spiro atoms. The normalized spacial score (nSPS) is 13.5. The second-order valence-corrected chi connectivity index (χ2v) is 8.05. The Hall–Kier alpha value is -1.89. The molecule has 6 heteroatoms. The lowest BCUT2D eigenvalue weighted by molar-refractivity contribution is 0.569. The van der Waals surface area contributed by atoms with E-state index in [1.807, 2.05) is 35.7 Å². The van der Waals surface area contributed by atoms with Crippen molar-refractivity contribution in [2.45, 2.75) is 12.6 Å². The van der Waals surface area contributed by atoms with E-state index in [9.17, 15) is 8.60 Å². The Morgan fingerprint density at radius 2 is 1.88 bits per heavy atom. The van der Waals surface area contributed by atoms with Gasteiger partial charge in [0.2, 0.25) is 0 Å². The predicted molar refractivity (Wildman–Crippen MR) is 102 cm³/mol. The zero-order chi connectivity index (χ0) is 17.6. The van der Waals surface area contributed by atoms with Crippen LogP contribution in [0.25, 0.3) is 10.6 Å². The van der Waals surface area contributed by atoms with Crippen LogP contribution in [0.15, 0.2) is 60.0 Å². The number of hydrogen-bond acceptors (Lipinski definition) is 4. The summed E-state index contributed by atoms with van der Waals surface area (Å²) in [7, 11) is -0.911. The first-order valence-corrected chi connectivity index (χ1v) is 10.5. The molecule has 2 atom stereocenters. The van der Waals surface area contributed by atoms with Crippen LogP contribution in [0.2, 0.25) is 0 Å². The maximum atomic E-state index is 13.9. The third-order valence-electron chi connectivity index (χ3n) is 3.79. The monoisotopic (exact) mass is 374 g/mol. The Bertz CT molecular complexity index is 851. The summed E-state index contributed by atoms with van der Waals surface area (Å²) in [6.07, 6.45) is 1.71. The van der Waals surface area contributed by atoms with E-state index in [0.29, 0.717) is 22.9 Å². The van der Waals surface area contributed by atoms with Gasteiger partial charge in [0.05, 0.1) is 5.69 Å². The topological polar surface area (TPSA) is 42.0 Å². The summed E-state index contributed by atoms with van der Waals surface area (Å²) in [6, 6.07) is 16.6. The van der Waals surface area contributed by atoms with Gasteiger partial charge in [0.1, 0.15) is 10.8 Å². The zero-order valence-corrected chi connectivity index (χ0v) is 15.4. The summed E-state index contributed by atoms with van der Waals surface area (Å²) >= 11 is 1.43. The molecule has 0 amide bonds. The summed E-state index contributed by atoms with van der Waals surface area (Å²) in [5.41, 5.74) is 2.47. The fourth-order valence-electron chi connectivity index (χ4n) is 2.57. The average molecular weight is 375 g/mol. The fraction of sp³-hybridized carbons (Fsp3) is 0.211. The molecular formula is C19H19FN2OS2. The lowest BCUT2D eigenvalue weighted by Gasteiger charge is -2.17. The number of aromatic nitrogens is 1. The Morgan fingerprint density at radius 3 is 2.60 bits per heavy atom. The van der Waals surface area contributed by atoms with Crippen LogP contribution in [0.4, 0.5) is 4.39 Å². The van der Waals surface area contributed by atoms with Gasteiger partial charge in [0.25, 0.3) is 0 Å². The molecule has 0 bridgehead atoms. The molecule has 1 heterocycles. The van der Waals surface area contributed by atoms with Gasteiger partial charge < -0.3 is 5.32 Å². The first kappa shape index (κ1) is 17.9. The van der Waals surface area contributed by atoms with Gasteiger partial charge in [-0.05, 0) is 17.7 Å². The van der Waals surface area contributed by atoms with E-state index >= 15 is 0 Å². The molecule has 130 valence electrons. The third kappa shape index (κ3) is 4.81. The van der Waals surface area contributed by atoms with Crippen molar-refractivity contribution >= 4 is 22.1 Å². The number of benzene rings is 2. The van der Waals surface area contributed by atoms with Crippen LogP contribution in [-0.4, -0.2) is 21.2 Å². The molecule has 3 rings (SSSR count). The highest BCUT2D eigenvalue weighted by molar-refractivity contribution is 7.84. The highest BCUT2D eigenvalue weighted by Gasteiger charge is 2.14. The molecule has 1 aromatic heterocycles. The maximum absolute atomic E-state index is 13.9. The first-order valence-electron chi connectivity index (χ1n) is 7.91. The largest absolute Gasteiger partial charge is 0.303 e. The van der Waals surface area contributed by atoms with Gasteiger partial charge in [0.15, 0.2) is 0 Å². The molecule has 3 aromatic rings. The molecule has 3 nitrogen and oxygen atoms in total. The molecule has 2 aromatic carbocycles. The highest BCUT2D eigenvalue weighted by atomic mass is 32.2. The molecule has 1 N–H and O–H groups in total. The first-order chi connectivity index (χ1) is 12.1. The smallest absolute Gasteiger partial charge is 0.133 e. The van der Waals surface area contributed by atoms with E-state index in [1.54, 1.807) is 24.5 Å². The van der Waals surface area contributed by atoms with Gasteiger partial charge in [-0.25, -0.2) is 9.37 Å². The number of thiazole rings is 1. The van der Waals surface area contributed by atoms with Crippen molar-refractivity contribution in [1.82, 2.24) is 10.3 Å². The van der Waals surface area contributed by atoms with E-state index < -0.39 is 10.8 Å². The van der Waals surface area contributed by atoms with E-state index in [2.05, 4.69) is 10.3 Å². The molecule has 25 heavy (non-hydrogen) atoms. The SMILES string of the molecule is C[S@](=O)C[C@H](NCc1csc(-c2ccccc2F)n1)c1ccccc1. The number of nitrogens with one attached hydrogen (secondary N) is 1. The standard InChI is InChI=1S/C19H19FN2OS2/c1-25(23)13-18(14-7-3-2-4-8-14)21-11-15-12-24-19(22-15)16-9-5-6-10-17(16)20/h2-10,12,18,21H,11,13H2,1H3/t18-,25-/m0/s1. The van der Waals surface area contributed by atoms with Gasteiger partial charge >= 0.3 is 0 Å². The molecule has 0 aliphatic heterocycles. The Kier molecular flexibility index (Phi) is 6.07. The summed E-state index contributed by atoms with van der Waals surface area (Å²) in [5.74, 6) is 0.272. The highest BCUT2D eigenvalue weighted by Crippen LogP contribution is 2.26. The van der Waals surface area contributed by atoms with Gasteiger partial charge in [-0.1, -0.05) is 42.5 Å². The fourth-order valence-corrected chi connectivity index (χ4v) is 4.19. The average Bonchev–Trinajstić information content (AvgIpc) is 3.08. The predicted octanol–water partition coefficient (Wildman–Crippen LogP) is 4.16. The molecule has 0 radical (unpaired) electrons. The van der Waals surface area contributed by atoms with Crippen molar-refractivity contribution in [2.24, 2.45) is 0 Å². The molecule has 0 aliphatic carbocycles. The summed E-state index contributed by atoms with van der Waals surface area (Å²) < 4.78 is 25.6. The minimum atomic E-state index is -0.911. The third-order valence-corrected chi connectivity index (χ3v) is 5.52. The molecule has 0 fully saturated rings. The number of halogens is 1. The van der Waals surface area contributed by atoms with Gasteiger partial charge in [-0.15, -0.1) is 11.3 Å². The summed E-state index contributed by atoms with van der Waals surface area (Å²) in [4.78, 5) is 4.53. The van der Waals surface area contributed by atoms with Crippen LogP contribution in [-0.2, 0) is 17.3 Å². The van der Waals surface area contributed by atoms with Crippen LogP contribution >= 0.6 is 11.3 Å². The van der Waals surface area contributed by atoms with Gasteiger partial charge in [0, 0.05) is 46.3 Å². The van der Waals surface area contributed by atoms with Crippen LogP contribution in [0.1, 0.15) is 17.3 Å². The van der Waals surface area contributed by atoms with Crippen molar-refractivity contribution < 1.29 is 8.60 Å². The lowest BCUT2D eigenvalue weighted by Crippen LogP contribution is -2.25. The van der Waals surface area contributed by atoms with E-state index in [4.69, 9.17) is 0 Å². The second-order valence-electron chi connectivity index (χ2n) is 5.71. The number of rotatable bonds is 7.